The van der Waals surface area contributed by atoms with E-state index in [9.17, 15) is 0 Å². The Morgan fingerprint density at radius 3 is 1.08 bits per heavy atom. The van der Waals surface area contributed by atoms with Crippen molar-refractivity contribution in [1.82, 2.24) is 24.5 Å². The highest BCUT2D eigenvalue weighted by Gasteiger charge is 2.40. The van der Waals surface area contributed by atoms with E-state index in [0.29, 0.717) is 40.1 Å². The first-order valence-corrected chi connectivity index (χ1v) is 33.0. The van der Waals surface area contributed by atoms with Crippen LogP contribution < -0.4 is 0 Å². The standard InChI is InChI=1S/C64H104F3N5S2/c1-5-9-13-17-21-25-27-31-34-38-44-53(43-37-33-29-23-19-15-11-7-3)51-71-62-58(56-48-42-50-74-56)60-59(57(55-47-41-49-73-55)61(62)68-63(71)64(65,66)67)69-72(70-60)52-54(45-39-35-30-24-20-16-12-8-4)46-40-36-32-28-26-22-18-14-10-6-2/h41-42,47-50,53-54H,5-40,43-46,51-52H2,1-4H3. The minimum Gasteiger partial charge on any atom is -0.319 e. The van der Waals surface area contributed by atoms with E-state index in [1.807, 2.05) is 33.8 Å². The van der Waals surface area contributed by atoms with Gasteiger partial charge in [0.25, 0.3) is 0 Å². The minimum atomic E-state index is -4.62. The maximum absolute atomic E-state index is 15.7. The number of aromatic nitrogens is 5. The summed E-state index contributed by atoms with van der Waals surface area (Å²) in [6.45, 7) is 10.1. The van der Waals surface area contributed by atoms with Crippen LogP contribution in [0.15, 0.2) is 35.0 Å². The van der Waals surface area contributed by atoms with Gasteiger partial charge in [0.1, 0.15) is 16.6 Å². The van der Waals surface area contributed by atoms with Crippen molar-refractivity contribution in [1.29, 1.82) is 0 Å². The fourth-order valence-corrected chi connectivity index (χ4v) is 13.2. The predicted octanol–water partition coefficient (Wildman–Crippen LogP) is 23.2. The summed E-state index contributed by atoms with van der Waals surface area (Å²) < 4.78 is 48.8. The molecule has 2 unspecified atom stereocenters. The number of thiophene rings is 2. The van der Waals surface area contributed by atoms with Crippen molar-refractivity contribution in [3.05, 3.63) is 40.8 Å². The van der Waals surface area contributed by atoms with E-state index in [0.717, 1.165) is 73.2 Å². The van der Waals surface area contributed by atoms with E-state index in [1.54, 1.807) is 27.2 Å². The molecule has 0 amide bonds. The third-order valence-electron chi connectivity index (χ3n) is 16.1. The summed E-state index contributed by atoms with van der Waals surface area (Å²) in [6.07, 6.45) is 45.5. The number of unbranched alkanes of at least 4 members (excludes halogenated alkanes) is 32. The molecule has 1 aromatic carbocycles. The monoisotopic (exact) mass is 1060 g/mol. The molecule has 0 radical (unpaired) electrons. The fraction of sp³-hybridized carbons (Fsp3) is 0.766. The van der Waals surface area contributed by atoms with Crippen LogP contribution >= 0.6 is 22.7 Å². The molecule has 10 heteroatoms. The van der Waals surface area contributed by atoms with Crippen molar-refractivity contribution in [2.75, 3.05) is 0 Å². The van der Waals surface area contributed by atoms with Gasteiger partial charge in [-0.05, 0) is 60.4 Å². The fourth-order valence-electron chi connectivity index (χ4n) is 11.7. The molecular weight excluding hydrogens is 960 g/mol. The summed E-state index contributed by atoms with van der Waals surface area (Å²) in [7, 11) is 0. The van der Waals surface area contributed by atoms with E-state index in [1.165, 1.54) is 205 Å². The molecule has 74 heavy (non-hydrogen) atoms. The number of hydrogen-bond donors (Lipinski definition) is 0. The zero-order chi connectivity index (χ0) is 52.5. The van der Waals surface area contributed by atoms with Crippen molar-refractivity contribution in [3.8, 4) is 20.9 Å². The Bertz CT molecular complexity index is 2140. The molecule has 0 spiro atoms. The topological polar surface area (TPSA) is 48.5 Å². The van der Waals surface area contributed by atoms with Crippen LogP contribution in [0.5, 0.6) is 0 Å². The number of halogens is 3. The molecule has 0 saturated heterocycles. The predicted molar refractivity (Wildman–Crippen MR) is 317 cm³/mol. The van der Waals surface area contributed by atoms with Gasteiger partial charge >= 0.3 is 6.18 Å². The number of hydrogen-bond acceptors (Lipinski definition) is 5. The van der Waals surface area contributed by atoms with Crippen molar-refractivity contribution in [2.24, 2.45) is 11.8 Å². The molecule has 2 atom stereocenters. The van der Waals surface area contributed by atoms with Gasteiger partial charge in [0.05, 0.1) is 12.1 Å². The van der Waals surface area contributed by atoms with Gasteiger partial charge in [0, 0.05) is 27.4 Å². The highest BCUT2D eigenvalue weighted by molar-refractivity contribution is 7.14. The quantitative estimate of drug-likeness (QED) is 0.0365. The Kier molecular flexibility index (Phi) is 31.2. The molecule has 4 heterocycles. The summed E-state index contributed by atoms with van der Waals surface area (Å²) in [5.74, 6) is -0.213. The van der Waals surface area contributed by atoms with Crippen molar-refractivity contribution in [3.63, 3.8) is 0 Å². The van der Waals surface area contributed by atoms with Gasteiger partial charge in [0.2, 0.25) is 5.82 Å². The first-order valence-electron chi connectivity index (χ1n) is 31.3. The molecule has 0 saturated carbocycles. The lowest BCUT2D eigenvalue weighted by molar-refractivity contribution is -0.147. The van der Waals surface area contributed by atoms with E-state index in [4.69, 9.17) is 15.2 Å². The molecule has 418 valence electrons. The lowest BCUT2D eigenvalue weighted by atomic mass is 9.93. The van der Waals surface area contributed by atoms with E-state index in [2.05, 4.69) is 33.8 Å². The van der Waals surface area contributed by atoms with E-state index in [-0.39, 0.29) is 5.92 Å². The maximum atomic E-state index is 15.7. The molecule has 0 aliphatic heterocycles. The third-order valence-corrected chi connectivity index (χ3v) is 17.9. The summed E-state index contributed by atoms with van der Waals surface area (Å²) >= 11 is 3.13. The average molecular weight is 1060 g/mol. The molecule has 4 aromatic heterocycles. The first kappa shape index (κ1) is 62.1. The number of alkyl halides is 3. The zero-order valence-corrected chi connectivity index (χ0v) is 49.1. The van der Waals surface area contributed by atoms with Gasteiger partial charge < -0.3 is 4.57 Å². The molecule has 5 aromatic rings. The first-order chi connectivity index (χ1) is 36.3. The molecule has 0 fully saturated rings. The van der Waals surface area contributed by atoms with Gasteiger partial charge in [-0.3, -0.25) is 0 Å². The van der Waals surface area contributed by atoms with Gasteiger partial charge in [-0.15, -0.1) is 22.7 Å². The van der Waals surface area contributed by atoms with Crippen LogP contribution in [0.3, 0.4) is 0 Å². The van der Waals surface area contributed by atoms with Crippen LogP contribution in [-0.4, -0.2) is 24.5 Å². The second-order valence-electron chi connectivity index (χ2n) is 22.6. The molecular formula is C64H104F3N5S2. The Hall–Kier alpha value is -2.72. The van der Waals surface area contributed by atoms with Crippen LogP contribution in [0.2, 0.25) is 0 Å². The van der Waals surface area contributed by atoms with Crippen molar-refractivity contribution >= 4 is 44.7 Å². The van der Waals surface area contributed by atoms with Gasteiger partial charge in [0.15, 0.2) is 0 Å². The summed E-state index contributed by atoms with van der Waals surface area (Å²) in [6, 6.07) is 8.10. The minimum absolute atomic E-state index is 0.123. The molecule has 0 N–H and O–H groups in total. The maximum Gasteiger partial charge on any atom is 0.449 e. The molecule has 5 nitrogen and oxygen atoms in total. The summed E-state index contributed by atoms with van der Waals surface area (Å²) in [5, 5.41) is 14.8. The lowest BCUT2D eigenvalue weighted by Gasteiger charge is -2.21. The summed E-state index contributed by atoms with van der Waals surface area (Å²) in [5.41, 5.74) is 3.83. The number of imidazole rings is 1. The van der Waals surface area contributed by atoms with Crippen molar-refractivity contribution < 1.29 is 13.2 Å². The largest absolute Gasteiger partial charge is 0.449 e. The second kappa shape index (κ2) is 37.2. The van der Waals surface area contributed by atoms with Crippen LogP contribution in [0.1, 0.15) is 290 Å². The number of rotatable bonds is 46. The van der Waals surface area contributed by atoms with Crippen LogP contribution in [-0.2, 0) is 19.3 Å². The molecule has 0 aliphatic rings. The van der Waals surface area contributed by atoms with Crippen LogP contribution in [0.25, 0.3) is 42.9 Å². The highest BCUT2D eigenvalue weighted by Crippen LogP contribution is 2.47. The van der Waals surface area contributed by atoms with Gasteiger partial charge in [-0.25, -0.2) is 4.98 Å². The number of benzene rings is 1. The lowest BCUT2D eigenvalue weighted by Crippen LogP contribution is -2.19. The van der Waals surface area contributed by atoms with E-state index < -0.39 is 12.0 Å². The Morgan fingerprint density at radius 1 is 0.419 bits per heavy atom. The van der Waals surface area contributed by atoms with Gasteiger partial charge in [-0.2, -0.15) is 28.2 Å². The third kappa shape index (κ3) is 22.0. The number of nitrogens with zero attached hydrogens (tertiary/aromatic N) is 5. The van der Waals surface area contributed by atoms with E-state index >= 15 is 13.2 Å². The molecule has 5 rings (SSSR count). The summed E-state index contributed by atoms with van der Waals surface area (Å²) in [4.78, 5) is 8.49. The smallest absolute Gasteiger partial charge is 0.319 e. The molecule has 0 bridgehead atoms. The normalized spacial score (nSPS) is 13.1. The second-order valence-corrected chi connectivity index (χ2v) is 24.5. The van der Waals surface area contributed by atoms with Gasteiger partial charge in [-0.1, -0.05) is 271 Å². The Morgan fingerprint density at radius 2 is 0.743 bits per heavy atom. The average Bonchev–Trinajstić information content (AvgIpc) is 4.25. The van der Waals surface area contributed by atoms with Crippen molar-refractivity contribution in [2.45, 2.75) is 304 Å². The highest BCUT2D eigenvalue weighted by atomic mass is 32.1. The Balaban J connectivity index is 1.46. The molecule has 0 aliphatic carbocycles. The zero-order valence-electron chi connectivity index (χ0n) is 47.5. The van der Waals surface area contributed by atoms with Crippen LogP contribution in [0, 0.1) is 11.8 Å². The Labute approximate surface area is 457 Å². The SMILES string of the molecule is CCCCCCCCCCCCC(CCCCCCCCCC)Cn1nc2c(-c3cccs3)c3nc(C(F)(F)F)n(CC(CCCCCCCCCC)CCCCCCCCCCCC)c3c(-c3cccs3)c2n1. The number of fused-ring (bicyclic) bond motifs is 2. The van der Waals surface area contributed by atoms with Crippen LogP contribution in [0.4, 0.5) is 13.2 Å².